The van der Waals surface area contributed by atoms with E-state index in [0.29, 0.717) is 25.9 Å². The average Bonchev–Trinajstić information content (AvgIpc) is 2.39. The summed E-state index contributed by atoms with van der Waals surface area (Å²) in [6.07, 6.45) is 4.38. The smallest absolute Gasteiger partial charge is 0.303 e. The van der Waals surface area contributed by atoms with Crippen LogP contribution in [-0.2, 0) is 4.79 Å². The third-order valence-corrected chi connectivity index (χ3v) is 3.42. The first-order chi connectivity index (χ1) is 9.08. The summed E-state index contributed by atoms with van der Waals surface area (Å²) in [7, 11) is 0. The summed E-state index contributed by atoms with van der Waals surface area (Å²) in [4.78, 5) is 38.7. The largest absolute Gasteiger partial charge is 0.481 e. The number of piperidine rings is 1. The molecule has 6 nitrogen and oxygen atoms in total. The molecule has 2 heterocycles. The number of aromatic amines is 1. The van der Waals surface area contributed by atoms with Gasteiger partial charge in [-0.3, -0.25) is 14.4 Å². The second kappa shape index (κ2) is 5.69. The summed E-state index contributed by atoms with van der Waals surface area (Å²) in [5, 5.41) is 8.73. The number of nitrogens with one attached hydrogen (secondary N) is 1. The van der Waals surface area contributed by atoms with Gasteiger partial charge in [0.25, 0.3) is 5.91 Å². The number of H-pyrrole nitrogens is 1. The maximum absolute atomic E-state index is 12.1. The number of hydrogen-bond donors (Lipinski definition) is 2. The zero-order valence-corrected chi connectivity index (χ0v) is 10.5. The normalized spacial score (nSPS) is 16.3. The van der Waals surface area contributed by atoms with Crippen molar-refractivity contribution in [1.82, 2.24) is 9.88 Å². The molecule has 0 unspecified atom stereocenters. The van der Waals surface area contributed by atoms with Gasteiger partial charge < -0.3 is 15.0 Å². The van der Waals surface area contributed by atoms with Gasteiger partial charge in [0.05, 0.1) is 0 Å². The molecule has 1 aliphatic rings. The number of likely N-dealkylation sites (tertiary alicyclic amines) is 1. The SMILES string of the molecule is O=C(O)CC1CCN(C(=O)c2c[nH]ccc2=O)CC1. The highest BCUT2D eigenvalue weighted by molar-refractivity contribution is 5.93. The van der Waals surface area contributed by atoms with Gasteiger partial charge in [-0.05, 0) is 18.8 Å². The van der Waals surface area contributed by atoms with Crippen LogP contribution >= 0.6 is 0 Å². The number of hydrogen-bond acceptors (Lipinski definition) is 3. The van der Waals surface area contributed by atoms with Crippen LogP contribution in [0.3, 0.4) is 0 Å². The minimum absolute atomic E-state index is 0.121. The minimum atomic E-state index is -0.802. The predicted molar refractivity (Wildman–Crippen MR) is 67.9 cm³/mol. The lowest BCUT2D eigenvalue weighted by atomic mass is 9.93. The van der Waals surface area contributed by atoms with E-state index >= 15 is 0 Å². The van der Waals surface area contributed by atoms with Crippen LogP contribution in [-0.4, -0.2) is 40.0 Å². The summed E-state index contributed by atoms with van der Waals surface area (Å²) < 4.78 is 0. The van der Waals surface area contributed by atoms with Crippen molar-refractivity contribution < 1.29 is 14.7 Å². The molecule has 0 spiro atoms. The van der Waals surface area contributed by atoms with Crippen LogP contribution in [0.2, 0.25) is 0 Å². The lowest BCUT2D eigenvalue weighted by Crippen LogP contribution is -2.40. The Bertz CT molecular complexity index is 529. The first-order valence-corrected chi connectivity index (χ1v) is 6.26. The molecule has 19 heavy (non-hydrogen) atoms. The third-order valence-electron chi connectivity index (χ3n) is 3.42. The standard InChI is InChI=1S/C13H16N2O4/c16-11-1-4-14-8-10(11)13(19)15-5-2-9(3-6-15)7-12(17)18/h1,4,8-9H,2-3,5-7H2,(H,14,16)(H,17,18). The van der Waals surface area contributed by atoms with Gasteiger partial charge in [-0.15, -0.1) is 0 Å². The minimum Gasteiger partial charge on any atom is -0.481 e. The summed E-state index contributed by atoms with van der Waals surface area (Å²) in [5.74, 6) is -0.962. The van der Waals surface area contributed by atoms with Crippen LogP contribution in [0, 0.1) is 5.92 Å². The summed E-state index contributed by atoms with van der Waals surface area (Å²) in [6.45, 7) is 1.01. The molecular formula is C13H16N2O4. The molecule has 0 radical (unpaired) electrons. The lowest BCUT2D eigenvalue weighted by molar-refractivity contribution is -0.138. The number of carboxylic acids is 1. The highest BCUT2D eigenvalue weighted by Crippen LogP contribution is 2.21. The van der Waals surface area contributed by atoms with Crippen LogP contribution in [0.15, 0.2) is 23.3 Å². The van der Waals surface area contributed by atoms with E-state index < -0.39 is 5.97 Å². The molecule has 1 saturated heterocycles. The molecule has 0 aliphatic carbocycles. The van der Waals surface area contributed by atoms with Gasteiger partial charge in [0.15, 0.2) is 5.43 Å². The number of pyridine rings is 1. The van der Waals surface area contributed by atoms with Crippen LogP contribution in [0.1, 0.15) is 29.6 Å². The van der Waals surface area contributed by atoms with Crippen molar-refractivity contribution in [2.24, 2.45) is 5.92 Å². The number of rotatable bonds is 3. The second-order valence-electron chi connectivity index (χ2n) is 4.76. The molecule has 2 N–H and O–H groups in total. The maximum Gasteiger partial charge on any atom is 0.303 e. The van der Waals surface area contributed by atoms with Crippen LogP contribution in [0.25, 0.3) is 0 Å². The fourth-order valence-corrected chi connectivity index (χ4v) is 2.34. The Hall–Kier alpha value is -2.11. The first kappa shape index (κ1) is 13.3. The van der Waals surface area contributed by atoms with E-state index in [4.69, 9.17) is 5.11 Å². The summed E-state index contributed by atoms with van der Waals surface area (Å²) in [5.41, 5.74) is -0.157. The van der Waals surface area contributed by atoms with Gasteiger partial charge >= 0.3 is 5.97 Å². The Morgan fingerprint density at radius 3 is 2.63 bits per heavy atom. The fourth-order valence-electron chi connectivity index (χ4n) is 2.34. The summed E-state index contributed by atoms with van der Waals surface area (Å²) >= 11 is 0. The van der Waals surface area contributed by atoms with Crippen LogP contribution < -0.4 is 5.43 Å². The molecule has 0 bridgehead atoms. The van der Waals surface area contributed by atoms with E-state index in [-0.39, 0.29) is 29.2 Å². The van der Waals surface area contributed by atoms with Gasteiger partial charge in [-0.1, -0.05) is 0 Å². The Morgan fingerprint density at radius 1 is 1.37 bits per heavy atom. The molecular weight excluding hydrogens is 248 g/mol. The Balaban J connectivity index is 1.98. The van der Waals surface area contributed by atoms with Crippen molar-refractivity contribution in [3.05, 3.63) is 34.2 Å². The van der Waals surface area contributed by atoms with E-state index in [1.54, 1.807) is 4.90 Å². The van der Waals surface area contributed by atoms with Crippen molar-refractivity contribution in [1.29, 1.82) is 0 Å². The van der Waals surface area contributed by atoms with E-state index in [1.807, 2.05) is 0 Å². The lowest BCUT2D eigenvalue weighted by Gasteiger charge is -2.31. The molecule has 102 valence electrons. The number of nitrogens with zero attached hydrogens (tertiary/aromatic N) is 1. The van der Waals surface area contributed by atoms with Crippen molar-refractivity contribution >= 4 is 11.9 Å². The quantitative estimate of drug-likeness (QED) is 0.840. The molecule has 2 rings (SSSR count). The van der Waals surface area contributed by atoms with Gasteiger partial charge in [0, 0.05) is 38.0 Å². The number of carbonyl (C=O) groups excluding carboxylic acids is 1. The highest BCUT2D eigenvalue weighted by atomic mass is 16.4. The molecule has 0 atom stereocenters. The number of aliphatic carboxylic acids is 1. The Morgan fingerprint density at radius 2 is 2.05 bits per heavy atom. The molecule has 1 amide bonds. The Kier molecular flexibility index (Phi) is 3.99. The van der Waals surface area contributed by atoms with Crippen LogP contribution in [0.5, 0.6) is 0 Å². The van der Waals surface area contributed by atoms with Crippen molar-refractivity contribution in [2.45, 2.75) is 19.3 Å². The zero-order chi connectivity index (χ0) is 13.8. The molecule has 1 aliphatic heterocycles. The van der Waals surface area contributed by atoms with Gasteiger partial charge in [0.1, 0.15) is 5.56 Å². The summed E-state index contributed by atoms with van der Waals surface area (Å²) in [6, 6.07) is 1.32. The topological polar surface area (TPSA) is 90.5 Å². The van der Waals surface area contributed by atoms with Crippen molar-refractivity contribution in [3.8, 4) is 0 Å². The molecule has 0 aromatic carbocycles. The average molecular weight is 264 g/mol. The molecule has 1 aromatic heterocycles. The van der Waals surface area contributed by atoms with E-state index in [2.05, 4.69) is 4.98 Å². The molecule has 1 fully saturated rings. The van der Waals surface area contributed by atoms with Crippen molar-refractivity contribution in [2.75, 3.05) is 13.1 Å². The third kappa shape index (κ3) is 3.21. The second-order valence-corrected chi connectivity index (χ2v) is 4.76. The maximum atomic E-state index is 12.1. The van der Waals surface area contributed by atoms with E-state index in [1.165, 1.54) is 18.5 Å². The van der Waals surface area contributed by atoms with E-state index in [9.17, 15) is 14.4 Å². The molecule has 1 aromatic rings. The highest BCUT2D eigenvalue weighted by Gasteiger charge is 2.25. The fraction of sp³-hybridized carbons (Fsp3) is 0.462. The van der Waals surface area contributed by atoms with Gasteiger partial charge in [0.2, 0.25) is 0 Å². The van der Waals surface area contributed by atoms with Crippen LogP contribution in [0.4, 0.5) is 0 Å². The number of carboxylic acid groups (broad SMARTS) is 1. The first-order valence-electron chi connectivity index (χ1n) is 6.26. The molecule has 6 heteroatoms. The Labute approximate surface area is 110 Å². The van der Waals surface area contributed by atoms with Gasteiger partial charge in [-0.25, -0.2) is 0 Å². The zero-order valence-electron chi connectivity index (χ0n) is 10.5. The predicted octanol–water partition coefficient (Wildman–Crippen LogP) is 0.702. The number of carbonyl (C=O) groups is 2. The number of amides is 1. The van der Waals surface area contributed by atoms with Crippen molar-refractivity contribution in [3.63, 3.8) is 0 Å². The molecule has 0 saturated carbocycles. The van der Waals surface area contributed by atoms with Gasteiger partial charge in [-0.2, -0.15) is 0 Å². The number of aromatic nitrogens is 1. The monoisotopic (exact) mass is 264 g/mol. The van der Waals surface area contributed by atoms with E-state index in [0.717, 1.165) is 0 Å².